The third-order valence-corrected chi connectivity index (χ3v) is 7.37. The number of sulfonamides is 1. The number of hydrogen-bond donors (Lipinski definition) is 2. The van der Waals surface area contributed by atoms with Crippen LogP contribution in [0.4, 0.5) is 4.79 Å². The van der Waals surface area contributed by atoms with Gasteiger partial charge in [0.1, 0.15) is 11.5 Å². The molecule has 0 saturated heterocycles. The average molecular weight is 499 g/mol. The molecular formula is C22H31N2O7PS. The smallest absolute Gasteiger partial charge is 0.416 e. The molecule has 182 valence electrons. The highest BCUT2D eigenvalue weighted by atomic mass is 32.2. The number of carbonyl (C=O) groups is 1. The molecule has 0 bridgehead atoms. The second-order valence-electron chi connectivity index (χ2n) is 7.88. The number of rotatable bonds is 12. The van der Waals surface area contributed by atoms with Crippen molar-refractivity contribution in [1.82, 2.24) is 9.62 Å². The van der Waals surface area contributed by atoms with E-state index in [0.717, 1.165) is 0 Å². The topological polar surface area (TPSA) is 122 Å². The monoisotopic (exact) mass is 498 g/mol. The van der Waals surface area contributed by atoms with E-state index in [1.807, 2.05) is 18.2 Å². The van der Waals surface area contributed by atoms with Crippen LogP contribution in [-0.4, -0.2) is 49.1 Å². The molecule has 1 unspecified atom stereocenters. The Kier molecular flexibility index (Phi) is 9.63. The van der Waals surface area contributed by atoms with E-state index in [-0.39, 0.29) is 30.4 Å². The van der Waals surface area contributed by atoms with Crippen LogP contribution in [0.3, 0.4) is 0 Å². The van der Waals surface area contributed by atoms with Crippen molar-refractivity contribution in [2.24, 2.45) is 0 Å². The molecule has 0 heterocycles. The summed E-state index contributed by atoms with van der Waals surface area (Å²) in [6, 6.07) is 14.8. The first kappa shape index (κ1) is 27.0. The van der Waals surface area contributed by atoms with Crippen molar-refractivity contribution in [3.63, 3.8) is 0 Å². The quantitative estimate of drug-likeness (QED) is 0.324. The summed E-state index contributed by atoms with van der Waals surface area (Å²) in [5.74, 6) is 1.14. The molecule has 2 N–H and O–H groups in total. The van der Waals surface area contributed by atoms with Crippen molar-refractivity contribution in [1.29, 1.82) is 0 Å². The summed E-state index contributed by atoms with van der Waals surface area (Å²) < 4.78 is 50.4. The fraction of sp³-hybridized carbons (Fsp3) is 0.409. The lowest BCUT2D eigenvalue weighted by molar-refractivity contribution is 0.171. The molecule has 1 amide bonds. The van der Waals surface area contributed by atoms with Crippen LogP contribution in [0.15, 0.2) is 59.5 Å². The molecule has 9 nitrogen and oxygen atoms in total. The van der Waals surface area contributed by atoms with Gasteiger partial charge >= 0.3 is 13.2 Å². The first-order chi connectivity index (χ1) is 15.4. The molecular weight excluding hydrogens is 467 g/mol. The molecule has 0 fully saturated rings. The van der Waals surface area contributed by atoms with Crippen LogP contribution >= 0.6 is 7.60 Å². The number of carbonyl (C=O) groups excluding carboxylic acids is 1. The number of nitrogens with zero attached hydrogens (tertiary/aromatic N) is 1. The van der Waals surface area contributed by atoms with Crippen LogP contribution in [0.2, 0.25) is 0 Å². The second kappa shape index (κ2) is 11.8. The summed E-state index contributed by atoms with van der Waals surface area (Å²) in [7, 11) is -8.24. The minimum absolute atomic E-state index is 0.0435. The van der Waals surface area contributed by atoms with Crippen molar-refractivity contribution >= 4 is 23.3 Å². The summed E-state index contributed by atoms with van der Waals surface area (Å²) >= 11 is 0. The van der Waals surface area contributed by atoms with E-state index >= 15 is 0 Å². The molecule has 2 aromatic rings. The summed E-state index contributed by atoms with van der Waals surface area (Å²) in [5.41, 5.74) is -0.997. The van der Waals surface area contributed by atoms with Crippen LogP contribution < -0.4 is 9.46 Å². The Balaban J connectivity index is 1.92. The Bertz CT molecular complexity index is 1060. The Morgan fingerprint density at radius 3 is 2.15 bits per heavy atom. The number of ether oxygens (including phenoxy) is 1. The van der Waals surface area contributed by atoms with Gasteiger partial charge < -0.3 is 14.5 Å². The highest BCUT2D eigenvalue weighted by Crippen LogP contribution is 2.46. The molecule has 33 heavy (non-hydrogen) atoms. The lowest BCUT2D eigenvalue weighted by Gasteiger charge is -2.28. The van der Waals surface area contributed by atoms with E-state index in [0.29, 0.717) is 11.5 Å². The SMILES string of the molecule is CC(C)OP(=O)(O)C(=O)N(CCCNS(=O)(=O)c1ccc(Oc2ccccc2)cc1)C(C)C. The number of amides is 1. The molecule has 1 atom stereocenters. The van der Waals surface area contributed by atoms with Crippen LogP contribution in [0.25, 0.3) is 0 Å². The van der Waals surface area contributed by atoms with Gasteiger partial charge in [-0.2, -0.15) is 0 Å². The third kappa shape index (κ3) is 8.24. The van der Waals surface area contributed by atoms with Crippen molar-refractivity contribution < 1.29 is 31.9 Å². The molecule has 11 heteroatoms. The summed E-state index contributed by atoms with van der Waals surface area (Å²) in [6.45, 7) is 6.67. The number of para-hydroxylation sites is 1. The van der Waals surface area contributed by atoms with Crippen molar-refractivity contribution in [2.75, 3.05) is 13.1 Å². The van der Waals surface area contributed by atoms with Crippen LogP contribution in [0, 0.1) is 0 Å². The van der Waals surface area contributed by atoms with Gasteiger partial charge in [0.25, 0.3) is 0 Å². The lowest BCUT2D eigenvalue weighted by atomic mass is 10.3. The van der Waals surface area contributed by atoms with Gasteiger partial charge in [-0.1, -0.05) is 18.2 Å². The first-order valence-electron chi connectivity index (χ1n) is 10.6. The van der Waals surface area contributed by atoms with E-state index in [1.54, 1.807) is 52.0 Å². The van der Waals surface area contributed by atoms with Gasteiger partial charge in [0.05, 0.1) is 11.0 Å². The Hall–Kier alpha value is -2.23. The predicted molar refractivity (Wildman–Crippen MR) is 126 cm³/mol. The largest absolute Gasteiger partial charge is 0.457 e. The maximum absolute atomic E-state index is 12.6. The van der Waals surface area contributed by atoms with Crippen LogP contribution in [0.1, 0.15) is 34.1 Å². The van der Waals surface area contributed by atoms with Crippen molar-refractivity contribution in [3.05, 3.63) is 54.6 Å². The van der Waals surface area contributed by atoms with Crippen LogP contribution in [-0.2, 0) is 19.1 Å². The van der Waals surface area contributed by atoms with E-state index in [2.05, 4.69) is 4.72 Å². The number of hydrogen-bond acceptors (Lipinski definition) is 6. The fourth-order valence-corrected chi connectivity index (χ4v) is 5.31. The molecule has 2 aromatic carbocycles. The summed E-state index contributed by atoms with van der Waals surface area (Å²) in [5, 5.41) is 0. The zero-order chi connectivity index (χ0) is 24.6. The molecule has 0 radical (unpaired) electrons. The molecule has 0 aliphatic rings. The van der Waals surface area contributed by atoms with E-state index in [4.69, 9.17) is 9.26 Å². The highest BCUT2D eigenvalue weighted by molar-refractivity contribution is 7.89. The lowest BCUT2D eigenvalue weighted by Crippen LogP contribution is -2.38. The minimum atomic E-state index is -4.47. The molecule has 0 spiro atoms. The zero-order valence-electron chi connectivity index (χ0n) is 19.2. The highest BCUT2D eigenvalue weighted by Gasteiger charge is 2.37. The first-order valence-corrected chi connectivity index (χ1v) is 13.6. The maximum atomic E-state index is 12.6. The Morgan fingerprint density at radius 1 is 1.03 bits per heavy atom. The number of nitrogens with one attached hydrogen (secondary N) is 1. The summed E-state index contributed by atoms with van der Waals surface area (Å²) in [4.78, 5) is 23.7. The Labute approximate surface area is 195 Å². The van der Waals surface area contributed by atoms with Gasteiger partial charge in [-0.05, 0) is 70.5 Å². The standard InChI is InChI=1S/C22H31N2O7PS/c1-17(2)24(22(25)32(26,27)31-18(3)4)16-8-15-23-33(28,29)21-13-11-20(12-14-21)30-19-9-6-5-7-10-19/h5-7,9-14,17-18,23H,8,15-16H2,1-4H3,(H,26,27). The number of benzene rings is 2. The molecule has 0 aromatic heterocycles. The Morgan fingerprint density at radius 2 is 1.61 bits per heavy atom. The molecule has 0 saturated carbocycles. The average Bonchev–Trinajstić information content (AvgIpc) is 2.73. The third-order valence-electron chi connectivity index (χ3n) is 4.45. The van der Waals surface area contributed by atoms with Gasteiger partial charge in [-0.15, -0.1) is 0 Å². The normalized spacial score (nSPS) is 13.7. The van der Waals surface area contributed by atoms with Crippen molar-refractivity contribution in [3.8, 4) is 11.5 Å². The van der Waals surface area contributed by atoms with Crippen LogP contribution in [0.5, 0.6) is 11.5 Å². The predicted octanol–water partition coefficient (Wildman–Crippen LogP) is 4.59. The molecule has 2 rings (SSSR count). The fourth-order valence-electron chi connectivity index (χ4n) is 2.92. The van der Waals surface area contributed by atoms with Gasteiger partial charge in [-0.3, -0.25) is 9.32 Å². The van der Waals surface area contributed by atoms with Crippen molar-refractivity contribution in [2.45, 2.75) is 51.2 Å². The summed E-state index contributed by atoms with van der Waals surface area (Å²) in [6.07, 6.45) is -0.338. The second-order valence-corrected chi connectivity index (χ2v) is 11.3. The van der Waals surface area contributed by atoms with Gasteiger partial charge in [0, 0.05) is 19.1 Å². The molecule has 0 aliphatic carbocycles. The van der Waals surface area contributed by atoms with E-state index in [9.17, 15) is 22.7 Å². The van der Waals surface area contributed by atoms with Gasteiger partial charge in [-0.25, -0.2) is 17.7 Å². The zero-order valence-corrected chi connectivity index (χ0v) is 20.9. The van der Waals surface area contributed by atoms with E-state index in [1.165, 1.54) is 17.0 Å². The van der Waals surface area contributed by atoms with Gasteiger partial charge in [0.15, 0.2) is 0 Å². The maximum Gasteiger partial charge on any atom is 0.416 e. The van der Waals surface area contributed by atoms with Gasteiger partial charge in [0.2, 0.25) is 10.0 Å². The van der Waals surface area contributed by atoms with E-state index < -0.39 is 29.4 Å². The molecule has 0 aliphatic heterocycles. The minimum Gasteiger partial charge on any atom is -0.457 e.